The fourth-order valence-corrected chi connectivity index (χ4v) is 0. The van der Waals surface area contributed by atoms with Gasteiger partial charge in [-0.1, -0.05) is 0 Å². The standard InChI is InChI=1S/AsF6.Li.H2O/c2-1(3,4,5,6)7;;/h;;1H2/q-1;+1;. The molecule has 9 heavy (non-hydrogen) atoms. The zero-order valence-electron chi connectivity index (χ0n) is 4.22. The Morgan fingerprint density at radius 1 is 0.667 bits per heavy atom. The van der Waals surface area contributed by atoms with Crippen LogP contribution in [0.25, 0.3) is 0 Å². The van der Waals surface area contributed by atoms with Crippen LogP contribution in [0.1, 0.15) is 0 Å². The molecule has 0 radical (unpaired) electrons. The first kappa shape index (κ1) is 16.4. The van der Waals surface area contributed by atoms with E-state index in [0.717, 1.165) is 0 Å². The van der Waals surface area contributed by atoms with Crippen molar-refractivity contribution in [2.24, 2.45) is 0 Å². The van der Waals surface area contributed by atoms with Crippen molar-refractivity contribution >= 4 is 14.2 Å². The SMILES string of the molecule is F[As-](F)(F)(F)(F)F.O.[Li+]. The fourth-order valence-electron chi connectivity index (χ4n) is 0. The molecule has 0 unspecified atom stereocenters. The Hall–Kier alpha value is 0.696. The second-order valence-electron chi connectivity index (χ2n) is 0.958. The minimum absolute atomic E-state index is 0. The van der Waals surface area contributed by atoms with Gasteiger partial charge in [0.05, 0.1) is 0 Å². The molecule has 0 aromatic heterocycles. The van der Waals surface area contributed by atoms with E-state index in [-0.39, 0.29) is 24.3 Å². The Kier molecular flexibility index (Phi) is 3.80. The Labute approximate surface area is 59.7 Å². The molecule has 0 aromatic carbocycles. The molecule has 0 heterocycles. The molecule has 0 aliphatic rings. The molecule has 2 N–H and O–H groups in total. The molecule has 0 aromatic rings. The number of hydrogen-bond acceptors (Lipinski definition) is 0. The van der Waals surface area contributed by atoms with Crippen molar-refractivity contribution in [3.05, 3.63) is 0 Å². The van der Waals surface area contributed by atoms with Gasteiger partial charge in [-0.15, -0.1) is 0 Å². The molecular formula is H2AsF6LiO. The summed E-state index contributed by atoms with van der Waals surface area (Å²) in [5.74, 6) is 0. The number of hydrogen-bond donors (Lipinski definition) is 0. The van der Waals surface area contributed by atoms with Crippen LogP contribution in [0.2, 0.25) is 0 Å². The van der Waals surface area contributed by atoms with Crippen molar-refractivity contribution in [2.45, 2.75) is 0 Å². The van der Waals surface area contributed by atoms with Gasteiger partial charge < -0.3 is 5.48 Å². The summed E-state index contributed by atoms with van der Waals surface area (Å²) in [6, 6.07) is 0. The molecule has 0 saturated carbocycles. The molecule has 0 bridgehead atoms. The second kappa shape index (κ2) is 2.09. The van der Waals surface area contributed by atoms with Crippen LogP contribution in [0.15, 0.2) is 0 Å². The Morgan fingerprint density at radius 3 is 0.667 bits per heavy atom. The summed E-state index contributed by atoms with van der Waals surface area (Å²) in [6.07, 6.45) is 0. The minimum atomic E-state index is -11.1. The van der Waals surface area contributed by atoms with Crippen LogP contribution >= 0.6 is 0 Å². The van der Waals surface area contributed by atoms with Crippen molar-refractivity contribution in [3.8, 4) is 0 Å². The number of rotatable bonds is 0. The third-order valence-electron chi connectivity index (χ3n) is 0. The van der Waals surface area contributed by atoms with Crippen LogP contribution < -0.4 is 18.9 Å². The summed E-state index contributed by atoms with van der Waals surface area (Å²) >= 11 is -11.1. The van der Waals surface area contributed by atoms with Crippen LogP contribution in [0.3, 0.4) is 0 Å². The molecule has 0 rings (SSSR count). The van der Waals surface area contributed by atoms with Gasteiger partial charge >= 0.3 is 53.8 Å². The van der Waals surface area contributed by atoms with Crippen molar-refractivity contribution in [1.82, 2.24) is 0 Å². The number of halogens is 6. The van der Waals surface area contributed by atoms with E-state index in [0.29, 0.717) is 0 Å². The normalized spacial score (nSPS) is 18.0. The zero-order chi connectivity index (χ0) is 6.41. The summed E-state index contributed by atoms with van der Waals surface area (Å²) in [4.78, 5) is 0. The van der Waals surface area contributed by atoms with Gasteiger partial charge in [0, 0.05) is 0 Å². The Bertz CT molecular complexity index is 71.6. The quantitative estimate of drug-likeness (QED) is 0.340. The first-order valence-electron chi connectivity index (χ1n) is 1.01. The van der Waals surface area contributed by atoms with Gasteiger partial charge in [0.1, 0.15) is 0 Å². The maximum absolute atomic E-state index is 11.1. The first-order chi connectivity index (χ1) is 2.45. The molecule has 0 aliphatic heterocycles. The summed E-state index contributed by atoms with van der Waals surface area (Å²) in [6.45, 7) is 0. The van der Waals surface area contributed by atoms with E-state index in [1.54, 1.807) is 0 Å². The van der Waals surface area contributed by atoms with E-state index in [4.69, 9.17) is 0 Å². The molecule has 0 aliphatic carbocycles. The molecule has 0 fully saturated rings. The molecule has 1 nitrogen and oxygen atoms in total. The second-order valence-corrected chi connectivity index (χ2v) is 4.98. The average molecular weight is 214 g/mol. The monoisotopic (exact) mass is 214 g/mol. The molecule has 0 atom stereocenters. The van der Waals surface area contributed by atoms with Crippen molar-refractivity contribution < 1.29 is 45.1 Å². The van der Waals surface area contributed by atoms with Gasteiger partial charge in [0.25, 0.3) is 0 Å². The third kappa shape index (κ3) is 805. The average Bonchev–Trinajstić information content (AvgIpc) is 0.592. The fraction of sp³-hybridized carbons (Fsp3) is 0. The Morgan fingerprint density at radius 2 is 0.667 bits per heavy atom. The summed E-state index contributed by atoms with van der Waals surface area (Å²) < 4.78 is 59.4. The first-order valence-corrected chi connectivity index (χ1v) is 5.27. The van der Waals surface area contributed by atoms with Crippen LogP contribution in [-0.2, 0) is 0 Å². The van der Waals surface area contributed by atoms with E-state index in [1.807, 2.05) is 0 Å². The predicted octanol–water partition coefficient (Wildman–Crippen LogP) is -1.68. The van der Waals surface area contributed by atoms with Crippen LogP contribution in [-0.4, -0.2) is 19.6 Å². The largest absolute Gasteiger partial charge is 1.00 e. The molecule has 0 saturated heterocycles. The Balaban J connectivity index is -0.000000180. The van der Waals surface area contributed by atoms with E-state index >= 15 is 0 Å². The smallest absolute Gasteiger partial charge is 0.412 e. The molecule has 0 amide bonds. The molecular weight excluding hydrogens is 212 g/mol. The van der Waals surface area contributed by atoms with Gasteiger partial charge in [-0.05, 0) is 0 Å². The van der Waals surface area contributed by atoms with Gasteiger partial charge in [0.2, 0.25) is 0 Å². The summed E-state index contributed by atoms with van der Waals surface area (Å²) in [7, 11) is 0. The minimum Gasteiger partial charge on any atom is -0.412 e. The van der Waals surface area contributed by atoms with Crippen LogP contribution in [0.5, 0.6) is 0 Å². The van der Waals surface area contributed by atoms with Crippen LogP contribution in [0, 0.1) is 0 Å². The van der Waals surface area contributed by atoms with E-state index in [1.165, 1.54) is 0 Å². The predicted molar refractivity (Wildman–Crippen MR) is 16.0 cm³/mol. The van der Waals surface area contributed by atoms with Gasteiger partial charge in [-0.25, -0.2) is 0 Å². The summed E-state index contributed by atoms with van der Waals surface area (Å²) in [5, 5.41) is 0. The van der Waals surface area contributed by atoms with Gasteiger partial charge in [-0.2, -0.15) is 0 Å². The van der Waals surface area contributed by atoms with Gasteiger partial charge in [0.15, 0.2) is 0 Å². The third-order valence-corrected chi connectivity index (χ3v) is 0. The maximum atomic E-state index is 9.91. The van der Waals surface area contributed by atoms with Gasteiger partial charge in [-0.3, -0.25) is 0 Å². The van der Waals surface area contributed by atoms with Crippen LogP contribution in [0.4, 0.5) is 20.8 Å². The molecule has 0 spiro atoms. The molecule has 9 heteroatoms. The van der Waals surface area contributed by atoms with E-state index < -0.39 is 14.2 Å². The topological polar surface area (TPSA) is 31.5 Å². The van der Waals surface area contributed by atoms with E-state index in [9.17, 15) is 20.8 Å². The zero-order valence-corrected chi connectivity index (χ0v) is 6.09. The van der Waals surface area contributed by atoms with Crippen molar-refractivity contribution in [2.75, 3.05) is 0 Å². The van der Waals surface area contributed by atoms with Crippen molar-refractivity contribution in [1.29, 1.82) is 0 Å². The van der Waals surface area contributed by atoms with Crippen molar-refractivity contribution in [3.63, 3.8) is 0 Å². The molecule has 56 valence electrons. The summed E-state index contributed by atoms with van der Waals surface area (Å²) in [5.41, 5.74) is 0. The van der Waals surface area contributed by atoms with E-state index in [2.05, 4.69) is 0 Å². The maximum Gasteiger partial charge on any atom is 1.00 e.